The number of nitrogens with one attached hydrogen (secondary N) is 1. The van der Waals surface area contributed by atoms with Gasteiger partial charge in [-0.2, -0.15) is 4.98 Å². The lowest BCUT2D eigenvalue weighted by Gasteiger charge is -2.12. The molecule has 1 aromatic carbocycles. The maximum atomic E-state index is 11.8. The second-order valence-corrected chi connectivity index (χ2v) is 5.18. The highest BCUT2D eigenvalue weighted by molar-refractivity contribution is 9.10. The number of aromatic nitrogens is 2. The Morgan fingerprint density at radius 2 is 2.17 bits per heavy atom. The molecule has 6 heteroatoms. The van der Waals surface area contributed by atoms with Crippen molar-refractivity contribution in [3.63, 3.8) is 0 Å². The van der Waals surface area contributed by atoms with Gasteiger partial charge in [-0.25, -0.2) is 4.79 Å². The first-order chi connectivity index (χ1) is 8.72. The normalized spacial score (nSPS) is 15.3. The van der Waals surface area contributed by atoms with Gasteiger partial charge in [0, 0.05) is 17.6 Å². The Kier molecular flexibility index (Phi) is 2.95. The van der Waals surface area contributed by atoms with Crippen molar-refractivity contribution in [2.45, 2.75) is 12.8 Å². The highest BCUT2D eigenvalue weighted by atomic mass is 79.9. The van der Waals surface area contributed by atoms with E-state index < -0.39 is 0 Å². The van der Waals surface area contributed by atoms with Gasteiger partial charge in [-0.15, -0.1) is 0 Å². The van der Waals surface area contributed by atoms with E-state index in [2.05, 4.69) is 25.9 Å². The highest BCUT2D eigenvalue weighted by Crippen LogP contribution is 2.21. The van der Waals surface area contributed by atoms with Gasteiger partial charge in [0.2, 0.25) is 0 Å². The molecule has 1 aliphatic heterocycles. The number of likely N-dealkylation sites (tertiary alicyclic amines) is 1. The quantitative estimate of drug-likeness (QED) is 0.881. The molecule has 0 spiro atoms. The predicted molar refractivity (Wildman–Crippen MR) is 70.6 cm³/mol. The van der Waals surface area contributed by atoms with E-state index in [1.54, 1.807) is 4.90 Å². The first-order valence-electron chi connectivity index (χ1n) is 5.84. The zero-order valence-electron chi connectivity index (χ0n) is 9.65. The molecule has 3 rings (SSSR count). The van der Waals surface area contributed by atoms with E-state index in [1.807, 2.05) is 18.2 Å². The molecule has 0 atom stereocenters. The molecule has 1 amide bonds. The van der Waals surface area contributed by atoms with Gasteiger partial charge >= 0.3 is 12.1 Å². The largest absolute Gasteiger partial charge is 0.417 e. The minimum Gasteiger partial charge on any atom is -0.375 e. The van der Waals surface area contributed by atoms with Crippen LogP contribution in [0.15, 0.2) is 22.7 Å². The molecule has 1 saturated heterocycles. The van der Waals surface area contributed by atoms with Crippen LogP contribution in [0.2, 0.25) is 0 Å². The van der Waals surface area contributed by atoms with Crippen LogP contribution in [-0.4, -0.2) is 34.1 Å². The van der Waals surface area contributed by atoms with Crippen LogP contribution < -0.4 is 4.74 Å². The third kappa shape index (κ3) is 2.20. The van der Waals surface area contributed by atoms with Gasteiger partial charge in [-0.1, -0.05) is 15.9 Å². The number of imidazole rings is 1. The smallest absolute Gasteiger partial charge is 0.375 e. The van der Waals surface area contributed by atoms with E-state index >= 15 is 0 Å². The van der Waals surface area contributed by atoms with E-state index in [4.69, 9.17) is 4.74 Å². The van der Waals surface area contributed by atoms with Gasteiger partial charge in [0.1, 0.15) is 0 Å². The molecule has 0 radical (unpaired) electrons. The number of halogens is 1. The average molecular weight is 310 g/mol. The fourth-order valence-corrected chi connectivity index (χ4v) is 2.41. The maximum Gasteiger partial charge on any atom is 0.417 e. The number of ether oxygens (including phenoxy) is 1. The number of H-pyrrole nitrogens is 1. The van der Waals surface area contributed by atoms with Crippen molar-refractivity contribution in [2.75, 3.05) is 13.1 Å². The van der Waals surface area contributed by atoms with Crippen molar-refractivity contribution in [2.24, 2.45) is 0 Å². The van der Waals surface area contributed by atoms with Crippen LogP contribution in [0, 0.1) is 0 Å². The number of carbonyl (C=O) groups excluding carboxylic acids is 1. The van der Waals surface area contributed by atoms with Crippen LogP contribution in [0.25, 0.3) is 11.0 Å². The first-order valence-corrected chi connectivity index (χ1v) is 6.64. The lowest BCUT2D eigenvalue weighted by atomic mass is 10.3. The fourth-order valence-electron chi connectivity index (χ4n) is 2.05. The van der Waals surface area contributed by atoms with Gasteiger partial charge < -0.3 is 14.6 Å². The van der Waals surface area contributed by atoms with Crippen molar-refractivity contribution in [1.29, 1.82) is 0 Å². The van der Waals surface area contributed by atoms with Crippen LogP contribution >= 0.6 is 15.9 Å². The number of aromatic amines is 1. The topological polar surface area (TPSA) is 58.2 Å². The number of rotatable bonds is 1. The fraction of sp³-hybridized carbons (Fsp3) is 0.333. The third-order valence-electron chi connectivity index (χ3n) is 2.97. The summed E-state index contributed by atoms with van der Waals surface area (Å²) >= 11 is 3.38. The molecule has 94 valence electrons. The van der Waals surface area contributed by atoms with Gasteiger partial charge in [0.25, 0.3) is 0 Å². The molecule has 2 heterocycles. The molecule has 0 unspecified atom stereocenters. The SMILES string of the molecule is O=C(Oc1nc2ccc(Br)cc2[nH]1)N1CCCC1. The Balaban J connectivity index is 1.79. The number of hydrogen-bond donors (Lipinski definition) is 1. The highest BCUT2D eigenvalue weighted by Gasteiger charge is 2.20. The summed E-state index contributed by atoms with van der Waals surface area (Å²) in [4.78, 5) is 20.7. The minimum atomic E-state index is -0.328. The molecule has 0 saturated carbocycles. The lowest BCUT2D eigenvalue weighted by Crippen LogP contribution is -2.30. The Bertz CT molecular complexity index is 590. The van der Waals surface area contributed by atoms with E-state index in [0.717, 1.165) is 41.4 Å². The minimum absolute atomic E-state index is 0.250. The number of benzene rings is 1. The maximum absolute atomic E-state index is 11.8. The predicted octanol–water partition coefficient (Wildman–Crippen LogP) is 2.92. The summed E-state index contributed by atoms with van der Waals surface area (Å²) in [6.45, 7) is 1.54. The standard InChI is InChI=1S/C12H12BrN3O2/c13-8-3-4-9-10(7-8)15-11(14-9)18-12(17)16-5-1-2-6-16/h3-4,7H,1-2,5-6H2,(H,14,15). The first kappa shape index (κ1) is 11.5. The number of amides is 1. The molecule has 5 nitrogen and oxygen atoms in total. The van der Waals surface area contributed by atoms with E-state index in [1.165, 1.54) is 0 Å². The Morgan fingerprint density at radius 1 is 1.39 bits per heavy atom. The van der Waals surface area contributed by atoms with Crippen molar-refractivity contribution >= 4 is 33.1 Å². The molecule has 0 aliphatic carbocycles. The van der Waals surface area contributed by atoms with Crippen molar-refractivity contribution in [3.05, 3.63) is 22.7 Å². The summed E-state index contributed by atoms with van der Waals surface area (Å²) in [7, 11) is 0. The molecule has 2 aromatic rings. The summed E-state index contributed by atoms with van der Waals surface area (Å²) < 4.78 is 6.18. The Hall–Kier alpha value is -1.56. The molecule has 1 fully saturated rings. The van der Waals surface area contributed by atoms with Crippen LogP contribution in [0.5, 0.6) is 6.01 Å². The van der Waals surface area contributed by atoms with Crippen molar-refractivity contribution in [1.82, 2.24) is 14.9 Å². The van der Waals surface area contributed by atoms with E-state index in [0.29, 0.717) is 0 Å². The number of fused-ring (bicyclic) bond motifs is 1. The third-order valence-corrected chi connectivity index (χ3v) is 3.46. The van der Waals surface area contributed by atoms with Gasteiger partial charge in [0.15, 0.2) is 0 Å². The number of hydrogen-bond acceptors (Lipinski definition) is 3. The molecule has 1 aromatic heterocycles. The number of nitrogens with zero attached hydrogens (tertiary/aromatic N) is 2. The van der Waals surface area contributed by atoms with Crippen molar-refractivity contribution < 1.29 is 9.53 Å². The van der Waals surface area contributed by atoms with Crippen LogP contribution in [0.4, 0.5) is 4.79 Å². The van der Waals surface area contributed by atoms with Crippen LogP contribution in [0.3, 0.4) is 0 Å². The summed E-state index contributed by atoms with van der Waals surface area (Å²) in [5.74, 6) is 0. The zero-order valence-corrected chi connectivity index (χ0v) is 11.2. The second kappa shape index (κ2) is 4.61. The summed E-state index contributed by atoms with van der Waals surface area (Å²) in [5, 5.41) is 0. The summed E-state index contributed by atoms with van der Waals surface area (Å²) in [6, 6.07) is 5.91. The number of carbonyl (C=O) groups is 1. The molecule has 1 N–H and O–H groups in total. The average Bonchev–Trinajstić information content (AvgIpc) is 2.95. The Labute approximate surface area is 112 Å². The summed E-state index contributed by atoms with van der Waals surface area (Å²) in [6.07, 6.45) is 1.76. The second-order valence-electron chi connectivity index (χ2n) is 4.27. The van der Waals surface area contributed by atoms with Gasteiger partial charge in [0.05, 0.1) is 11.0 Å². The molecular weight excluding hydrogens is 298 g/mol. The van der Waals surface area contributed by atoms with E-state index in [9.17, 15) is 4.79 Å². The molecule has 1 aliphatic rings. The molecule has 18 heavy (non-hydrogen) atoms. The zero-order chi connectivity index (χ0) is 12.5. The molecule has 0 bridgehead atoms. The van der Waals surface area contributed by atoms with Crippen LogP contribution in [-0.2, 0) is 0 Å². The van der Waals surface area contributed by atoms with E-state index in [-0.39, 0.29) is 12.1 Å². The molecular formula is C12H12BrN3O2. The summed E-state index contributed by atoms with van der Waals surface area (Å²) in [5.41, 5.74) is 1.62. The lowest BCUT2D eigenvalue weighted by molar-refractivity contribution is 0.159. The van der Waals surface area contributed by atoms with Crippen molar-refractivity contribution in [3.8, 4) is 6.01 Å². The van der Waals surface area contributed by atoms with Crippen LogP contribution in [0.1, 0.15) is 12.8 Å². The van der Waals surface area contributed by atoms with Gasteiger partial charge in [-0.05, 0) is 31.0 Å². The monoisotopic (exact) mass is 309 g/mol. The van der Waals surface area contributed by atoms with Gasteiger partial charge in [-0.3, -0.25) is 0 Å². The Morgan fingerprint density at radius 3 is 2.94 bits per heavy atom.